The fraction of sp³-hybridized carbons (Fsp3) is 0.200. The van der Waals surface area contributed by atoms with E-state index in [1.54, 1.807) is 6.07 Å². The predicted molar refractivity (Wildman–Crippen MR) is 86.5 cm³/mol. The summed E-state index contributed by atoms with van der Waals surface area (Å²) in [6.07, 6.45) is 0. The van der Waals surface area contributed by atoms with E-state index in [1.807, 2.05) is 13.8 Å². The van der Waals surface area contributed by atoms with Gasteiger partial charge in [0.05, 0.1) is 15.5 Å². The molecule has 0 aliphatic carbocycles. The van der Waals surface area contributed by atoms with Crippen LogP contribution in [0.3, 0.4) is 0 Å². The molecule has 0 N–H and O–H groups in total. The van der Waals surface area contributed by atoms with E-state index in [4.69, 9.17) is 16.3 Å². The number of ketones is 1. The van der Waals surface area contributed by atoms with Crippen LogP contribution < -0.4 is 0 Å². The molecule has 6 nitrogen and oxygen atoms in total. The lowest BCUT2D eigenvalue weighted by Crippen LogP contribution is -2.14. The summed E-state index contributed by atoms with van der Waals surface area (Å²) < 4.78 is 4.95. The van der Waals surface area contributed by atoms with Gasteiger partial charge in [-0.15, -0.1) is 11.3 Å². The first-order chi connectivity index (χ1) is 10.8. The van der Waals surface area contributed by atoms with Gasteiger partial charge in [0.2, 0.25) is 5.78 Å². The Morgan fingerprint density at radius 3 is 2.48 bits per heavy atom. The van der Waals surface area contributed by atoms with Crippen molar-refractivity contribution in [3.8, 4) is 0 Å². The minimum Gasteiger partial charge on any atom is -0.454 e. The van der Waals surface area contributed by atoms with Crippen molar-refractivity contribution >= 4 is 40.4 Å². The molecular formula is C15H12ClNO5S. The number of hydrogen-bond donors (Lipinski definition) is 0. The number of nitro benzene ring substituents is 1. The first-order valence-electron chi connectivity index (χ1n) is 6.51. The van der Waals surface area contributed by atoms with Crippen LogP contribution in [0, 0.1) is 24.0 Å². The summed E-state index contributed by atoms with van der Waals surface area (Å²) in [5, 5.41) is 10.5. The molecule has 120 valence electrons. The molecule has 8 heteroatoms. The maximum Gasteiger partial charge on any atom is 0.340 e. The van der Waals surface area contributed by atoms with Crippen LogP contribution in [-0.2, 0) is 4.74 Å². The van der Waals surface area contributed by atoms with Crippen molar-refractivity contribution in [2.24, 2.45) is 0 Å². The second-order valence-electron chi connectivity index (χ2n) is 4.75. The predicted octanol–water partition coefficient (Wildman–Crippen LogP) is 3.97. The Morgan fingerprint density at radius 1 is 1.26 bits per heavy atom. The number of esters is 1. The Hall–Kier alpha value is -2.25. The third-order valence-electron chi connectivity index (χ3n) is 3.06. The Bertz CT molecular complexity index is 799. The van der Waals surface area contributed by atoms with Crippen LogP contribution in [0.1, 0.15) is 30.5 Å². The van der Waals surface area contributed by atoms with Crippen LogP contribution in [0.2, 0.25) is 5.02 Å². The number of aryl methyl sites for hydroxylation is 2. The lowest BCUT2D eigenvalue weighted by molar-refractivity contribution is -0.384. The summed E-state index contributed by atoms with van der Waals surface area (Å²) in [7, 11) is 0. The van der Waals surface area contributed by atoms with Crippen molar-refractivity contribution in [3.63, 3.8) is 0 Å². The van der Waals surface area contributed by atoms with Crippen LogP contribution in [0.15, 0.2) is 24.3 Å². The molecule has 1 aromatic heterocycles. The fourth-order valence-corrected chi connectivity index (χ4v) is 3.17. The number of ether oxygens (including phenoxy) is 1. The van der Waals surface area contributed by atoms with E-state index in [0.29, 0.717) is 5.56 Å². The zero-order valence-electron chi connectivity index (χ0n) is 12.3. The van der Waals surface area contributed by atoms with Crippen LogP contribution >= 0.6 is 22.9 Å². The molecule has 0 unspecified atom stereocenters. The number of benzene rings is 1. The Kier molecular flexibility index (Phi) is 5.12. The highest BCUT2D eigenvalue weighted by molar-refractivity contribution is 7.12. The van der Waals surface area contributed by atoms with Crippen molar-refractivity contribution < 1.29 is 19.2 Å². The molecule has 0 radical (unpaired) electrons. The van der Waals surface area contributed by atoms with Crippen LogP contribution in [-0.4, -0.2) is 23.3 Å². The standard InChI is InChI=1S/C15H12ClNO5S/c1-8-5-12(9(2)23-8)14(18)7-22-15(19)11-4-3-10(17(20)21)6-13(11)16/h3-6H,7H2,1-2H3. The van der Waals surface area contributed by atoms with Crippen molar-refractivity contribution in [1.29, 1.82) is 0 Å². The Morgan fingerprint density at radius 2 is 1.96 bits per heavy atom. The minimum atomic E-state index is -0.803. The molecule has 0 aliphatic rings. The molecule has 0 saturated heterocycles. The number of carbonyl (C=O) groups is 2. The van der Waals surface area contributed by atoms with E-state index in [1.165, 1.54) is 17.4 Å². The van der Waals surface area contributed by atoms with Crippen LogP contribution in [0.4, 0.5) is 5.69 Å². The zero-order chi connectivity index (χ0) is 17.1. The molecule has 1 aromatic carbocycles. The zero-order valence-corrected chi connectivity index (χ0v) is 13.9. The van der Waals surface area contributed by atoms with E-state index in [0.717, 1.165) is 21.9 Å². The maximum absolute atomic E-state index is 12.1. The largest absolute Gasteiger partial charge is 0.454 e. The lowest BCUT2D eigenvalue weighted by atomic mass is 10.1. The van der Waals surface area contributed by atoms with E-state index in [9.17, 15) is 19.7 Å². The molecule has 2 aromatic rings. The molecule has 1 heterocycles. The van der Waals surface area contributed by atoms with Gasteiger partial charge >= 0.3 is 5.97 Å². The number of hydrogen-bond acceptors (Lipinski definition) is 6. The minimum absolute atomic E-state index is 0.0247. The first kappa shape index (κ1) is 17.1. The molecule has 0 amide bonds. The van der Waals surface area contributed by atoms with Crippen molar-refractivity contribution in [3.05, 3.63) is 60.3 Å². The van der Waals surface area contributed by atoms with Crippen molar-refractivity contribution in [2.75, 3.05) is 6.61 Å². The van der Waals surface area contributed by atoms with E-state index >= 15 is 0 Å². The summed E-state index contributed by atoms with van der Waals surface area (Å²) in [5.74, 6) is -1.11. The molecule has 2 rings (SSSR count). The lowest BCUT2D eigenvalue weighted by Gasteiger charge is -2.05. The van der Waals surface area contributed by atoms with E-state index < -0.39 is 17.5 Å². The van der Waals surface area contributed by atoms with Gasteiger partial charge in [0.15, 0.2) is 6.61 Å². The topological polar surface area (TPSA) is 86.5 Å². The van der Waals surface area contributed by atoms with E-state index in [2.05, 4.69) is 0 Å². The summed E-state index contributed by atoms with van der Waals surface area (Å²) in [4.78, 5) is 35.9. The summed E-state index contributed by atoms with van der Waals surface area (Å²) in [5.41, 5.74) is 0.269. The van der Waals surface area contributed by atoms with Crippen LogP contribution in [0.25, 0.3) is 0 Å². The second kappa shape index (κ2) is 6.89. The second-order valence-corrected chi connectivity index (χ2v) is 6.62. The number of rotatable bonds is 5. The van der Waals surface area contributed by atoms with E-state index in [-0.39, 0.29) is 22.1 Å². The molecule has 0 atom stereocenters. The van der Waals surface area contributed by atoms with Crippen molar-refractivity contribution in [2.45, 2.75) is 13.8 Å². The highest BCUT2D eigenvalue weighted by atomic mass is 35.5. The molecule has 0 aliphatic heterocycles. The Balaban J connectivity index is 2.06. The third kappa shape index (κ3) is 3.94. The molecule has 0 bridgehead atoms. The molecule has 0 saturated carbocycles. The van der Waals surface area contributed by atoms with Gasteiger partial charge in [-0.2, -0.15) is 0 Å². The van der Waals surface area contributed by atoms with Crippen molar-refractivity contribution in [1.82, 2.24) is 0 Å². The number of Topliss-reactive ketones (excluding diaryl/α,β-unsaturated/α-hetero) is 1. The third-order valence-corrected chi connectivity index (χ3v) is 4.34. The van der Waals surface area contributed by atoms with Gasteiger partial charge in [0, 0.05) is 27.5 Å². The quantitative estimate of drug-likeness (QED) is 0.351. The van der Waals surface area contributed by atoms with Gasteiger partial charge < -0.3 is 4.74 Å². The number of non-ortho nitro benzene ring substituents is 1. The summed E-state index contributed by atoms with van der Waals surface area (Å²) in [6, 6.07) is 5.16. The highest BCUT2D eigenvalue weighted by Gasteiger charge is 2.19. The molecule has 0 spiro atoms. The molecule has 0 fully saturated rings. The smallest absolute Gasteiger partial charge is 0.340 e. The Labute approximate surface area is 140 Å². The summed E-state index contributed by atoms with van der Waals surface area (Å²) in [6.45, 7) is 3.29. The highest BCUT2D eigenvalue weighted by Crippen LogP contribution is 2.24. The van der Waals surface area contributed by atoms with Crippen LogP contribution in [0.5, 0.6) is 0 Å². The van der Waals surface area contributed by atoms with Gasteiger partial charge in [0.1, 0.15) is 0 Å². The SMILES string of the molecule is Cc1cc(C(=O)COC(=O)c2ccc([N+](=O)[O-])cc2Cl)c(C)s1. The fourth-order valence-electron chi connectivity index (χ4n) is 1.98. The van der Waals surface area contributed by atoms with Gasteiger partial charge in [0.25, 0.3) is 5.69 Å². The first-order valence-corrected chi connectivity index (χ1v) is 7.70. The average molecular weight is 354 g/mol. The number of halogens is 1. The molecule has 23 heavy (non-hydrogen) atoms. The van der Waals surface area contributed by atoms with Gasteiger partial charge in [-0.25, -0.2) is 4.79 Å². The summed E-state index contributed by atoms with van der Waals surface area (Å²) >= 11 is 7.33. The monoisotopic (exact) mass is 353 g/mol. The number of nitro groups is 1. The number of thiophene rings is 1. The normalized spacial score (nSPS) is 10.4. The van der Waals surface area contributed by atoms with Gasteiger partial charge in [-0.3, -0.25) is 14.9 Å². The molecular weight excluding hydrogens is 342 g/mol. The van der Waals surface area contributed by atoms with Gasteiger partial charge in [-0.05, 0) is 26.0 Å². The van der Waals surface area contributed by atoms with Gasteiger partial charge in [-0.1, -0.05) is 11.6 Å². The average Bonchev–Trinajstić information content (AvgIpc) is 2.83. The number of nitrogens with zero attached hydrogens (tertiary/aromatic N) is 1. The maximum atomic E-state index is 12.1. The number of carbonyl (C=O) groups excluding carboxylic acids is 2.